The Morgan fingerprint density at radius 2 is 2.22 bits per heavy atom. The number of piperidine rings is 2. The molecule has 0 aromatic carbocycles. The summed E-state index contributed by atoms with van der Waals surface area (Å²) in [5.41, 5.74) is 0.805. The highest BCUT2D eigenvalue weighted by Gasteiger charge is 2.36. The number of amides is 2. The SMILES string of the molecule is O=C(Nc1ccc(-c2ccc(Br)s2)nn1)N1CC2CCC1CN2. The first-order valence-corrected chi connectivity index (χ1v) is 9.20. The maximum absolute atomic E-state index is 12.4. The van der Waals surface area contributed by atoms with E-state index >= 15 is 0 Å². The minimum Gasteiger partial charge on any atom is -0.319 e. The number of carbonyl (C=O) groups excluding carboxylic acids is 1. The van der Waals surface area contributed by atoms with Gasteiger partial charge in [-0.3, -0.25) is 5.32 Å². The fraction of sp³-hybridized carbons (Fsp3) is 0.400. The monoisotopic (exact) mass is 393 g/mol. The second-order valence-electron chi connectivity index (χ2n) is 5.83. The molecule has 2 atom stereocenters. The van der Waals surface area contributed by atoms with E-state index in [1.54, 1.807) is 17.4 Å². The normalized spacial score (nSPS) is 23.1. The molecule has 0 saturated carbocycles. The van der Waals surface area contributed by atoms with Crippen LogP contribution in [-0.4, -0.2) is 46.3 Å². The maximum atomic E-state index is 12.4. The third-order valence-corrected chi connectivity index (χ3v) is 5.98. The number of hydrogen-bond donors (Lipinski definition) is 2. The number of thiophene rings is 1. The Morgan fingerprint density at radius 3 is 2.78 bits per heavy atom. The number of piperazine rings is 1. The average Bonchev–Trinajstić information content (AvgIpc) is 3.03. The zero-order chi connectivity index (χ0) is 15.8. The lowest BCUT2D eigenvalue weighted by Crippen LogP contribution is -2.63. The van der Waals surface area contributed by atoms with Gasteiger partial charge in [0, 0.05) is 25.2 Å². The molecule has 23 heavy (non-hydrogen) atoms. The van der Waals surface area contributed by atoms with Gasteiger partial charge >= 0.3 is 6.03 Å². The molecule has 2 aromatic rings. The van der Waals surface area contributed by atoms with E-state index in [1.807, 2.05) is 23.1 Å². The highest BCUT2D eigenvalue weighted by atomic mass is 79.9. The summed E-state index contributed by atoms with van der Waals surface area (Å²) in [7, 11) is 0. The summed E-state index contributed by atoms with van der Waals surface area (Å²) in [6, 6.07) is 8.29. The van der Waals surface area contributed by atoms with Crippen molar-refractivity contribution in [1.29, 1.82) is 0 Å². The van der Waals surface area contributed by atoms with E-state index in [2.05, 4.69) is 36.8 Å². The lowest BCUT2D eigenvalue weighted by Gasteiger charge is -2.45. The van der Waals surface area contributed by atoms with Crippen LogP contribution in [-0.2, 0) is 0 Å². The third-order valence-electron chi connectivity index (χ3n) is 4.33. The number of halogens is 1. The molecule has 3 saturated heterocycles. The molecule has 2 unspecified atom stereocenters. The summed E-state index contributed by atoms with van der Waals surface area (Å²) in [6.07, 6.45) is 2.22. The predicted octanol–water partition coefficient (Wildman–Crippen LogP) is 2.94. The highest BCUT2D eigenvalue weighted by Crippen LogP contribution is 2.30. The first kappa shape index (κ1) is 15.0. The number of hydrogen-bond acceptors (Lipinski definition) is 5. The zero-order valence-electron chi connectivity index (χ0n) is 12.3. The van der Waals surface area contributed by atoms with Gasteiger partial charge in [-0.2, -0.15) is 0 Å². The third kappa shape index (κ3) is 3.11. The summed E-state index contributed by atoms with van der Waals surface area (Å²) >= 11 is 5.04. The van der Waals surface area contributed by atoms with Crippen molar-refractivity contribution < 1.29 is 4.79 Å². The number of urea groups is 1. The first-order chi connectivity index (χ1) is 11.2. The quantitative estimate of drug-likeness (QED) is 0.822. The van der Waals surface area contributed by atoms with Crippen LogP contribution in [0.4, 0.5) is 10.6 Å². The molecule has 5 rings (SSSR count). The number of aromatic nitrogens is 2. The van der Waals surface area contributed by atoms with Gasteiger partial charge in [-0.1, -0.05) is 0 Å². The second-order valence-corrected chi connectivity index (χ2v) is 8.29. The average molecular weight is 394 g/mol. The van der Waals surface area contributed by atoms with Gasteiger partial charge in [-0.15, -0.1) is 21.5 Å². The van der Waals surface area contributed by atoms with Crippen molar-refractivity contribution in [2.24, 2.45) is 0 Å². The molecule has 2 amide bonds. The van der Waals surface area contributed by atoms with E-state index in [9.17, 15) is 4.79 Å². The molecule has 2 bridgehead atoms. The molecule has 120 valence electrons. The highest BCUT2D eigenvalue weighted by molar-refractivity contribution is 9.11. The summed E-state index contributed by atoms with van der Waals surface area (Å²) < 4.78 is 1.06. The minimum atomic E-state index is -0.0814. The molecule has 0 radical (unpaired) electrons. The van der Waals surface area contributed by atoms with Gasteiger partial charge in [-0.05, 0) is 53.0 Å². The molecule has 0 aliphatic carbocycles. The van der Waals surface area contributed by atoms with Gasteiger partial charge in [0.15, 0.2) is 5.82 Å². The van der Waals surface area contributed by atoms with Crippen LogP contribution in [0, 0.1) is 0 Å². The lowest BCUT2D eigenvalue weighted by atomic mass is 9.93. The van der Waals surface area contributed by atoms with Crippen LogP contribution >= 0.6 is 27.3 Å². The predicted molar refractivity (Wildman–Crippen MR) is 93.6 cm³/mol. The molecule has 0 spiro atoms. The fourth-order valence-electron chi connectivity index (χ4n) is 3.12. The Hall–Kier alpha value is -1.51. The van der Waals surface area contributed by atoms with Gasteiger partial charge in [0.1, 0.15) is 5.69 Å². The Bertz CT molecular complexity index is 711. The Balaban J connectivity index is 1.43. The van der Waals surface area contributed by atoms with Crippen molar-refractivity contribution in [3.05, 3.63) is 28.1 Å². The van der Waals surface area contributed by atoms with Gasteiger partial charge in [0.25, 0.3) is 0 Å². The molecular formula is C15H16BrN5OS. The van der Waals surface area contributed by atoms with Crippen molar-refractivity contribution in [1.82, 2.24) is 20.4 Å². The van der Waals surface area contributed by atoms with Crippen LogP contribution in [0.2, 0.25) is 0 Å². The van der Waals surface area contributed by atoms with Crippen LogP contribution in [0.15, 0.2) is 28.1 Å². The smallest absolute Gasteiger partial charge is 0.319 e. The van der Waals surface area contributed by atoms with Crippen LogP contribution in [0.25, 0.3) is 10.6 Å². The molecule has 6 nitrogen and oxygen atoms in total. The summed E-state index contributed by atoms with van der Waals surface area (Å²) in [5.74, 6) is 0.490. The Kier molecular flexibility index (Phi) is 4.04. The maximum Gasteiger partial charge on any atom is 0.323 e. The molecule has 3 aliphatic heterocycles. The van der Waals surface area contributed by atoms with Crippen molar-refractivity contribution >= 4 is 39.1 Å². The van der Waals surface area contributed by atoms with Crippen LogP contribution < -0.4 is 10.6 Å². The van der Waals surface area contributed by atoms with Gasteiger partial charge in [0.05, 0.1) is 8.66 Å². The van der Waals surface area contributed by atoms with Crippen LogP contribution in [0.5, 0.6) is 0 Å². The minimum absolute atomic E-state index is 0.0814. The Labute approximate surface area is 146 Å². The van der Waals surface area contributed by atoms with Gasteiger partial charge < -0.3 is 10.2 Å². The summed E-state index contributed by atoms with van der Waals surface area (Å²) in [5, 5.41) is 14.6. The van der Waals surface area contributed by atoms with E-state index in [4.69, 9.17) is 0 Å². The van der Waals surface area contributed by atoms with E-state index in [-0.39, 0.29) is 12.1 Å². The van der Waals surface area contributed by atoms with Crippen molar-refractivity contribution in [3.8, 4) is 10.6 Å². The van der Waals surface area contributed by atoms with Gasteiger partial charge in [0.2, 0.25) is 0 Å². The number of nitrogens with zero attached hydrogens (tertiary/aromatic N) is 3. The van der Waals surface area contributed by atoms with E-state index < -0.39 is 0 Å². The van der Waals surface area contributed by atoms with E-state index in [1.165, 1.54) is 0 Å². The molecular weight excluding hydrogens is 378 g/mol. The van der Waals surface area contributed by atoms with E-state index in [0.717, 1.165) is 40.3 Å². The molecule has 2 N–H and O–H groups in total. The van der Waals surface area contributed by atoms with E-state index in [0.29, 0.717) is 11.9 Å². The standard InChI is InChI=1S/C15H16BrN5OS/c16-13-5-4-12(23-13)11-3-6-14(20-19-11)18-15(22)21-8-9-1-2-10(21)7-17-9/h3-6,9-10,17H,1-2,7-8H2,(H,18,20,22). The number of nitrogens with one attached hydrogen (secondary N) is 2. The fourth-order valence-corrected chi connectivity index (χ4v) is 4.47. The van der Waals surface area contributed by atoms with Crippen molar-refractivity contribution in [2.75, 3.05) is 18.4 Å². The summed E-state index contributed by atoms with van der Waals surface area (Å²) in [4.78, 5) is 15.4. The summed E-state index contributed by atoms with van der Waals surface area (Å²) in [6.45, 7) is 1.65. The van der Waals surface area contributed by atoms with Crippen LogP contribution in [0.1, 0.15) is 12.8 Å². The molecule has 5 heterocycles. The zero-order valence-corrected chi connectivity index (χ0v) is 14.7. The lowest BCUT2D eigenvalue weighted by molar-refractivity contribution is 0.106. The number of anilines is 1. The second kappa shape index (κ2) is 6.18. The molecule has 8 heteroatoms. The largest absolute Gasteiger partial charge is 0.323 e. The molecule has 3 fully saturated rings. The first-order valence-electron chi connectivity index (χ1n) is 7.59. The van der Waals surface area contributed by atoms with Gasteiger partial charge in [-0.25, -0.2) is 4.79 Å². The molecule has 2 aromatic heterocycles. The Morgan fingerprint density at radius 1 is 1.30 bits per heavy atom. The number of fused-ring (bicyclic) bond motifs is 3. The topological polar surface area (TPSA) is 70.2 Å². The molecule has 3 aliphatic rings. The van der Waals surface area contributed by atoms with Crippen molar-refractivity contribution in [2.45, 2.75) is 24.9 Å². The van der Waals surface area contributed by atoms with Crippen LogP contribution in [0.3, 0.4) is 0 Å². The number of carbonyl (C=O) groups is 1. The van der Waals surface area contributed by atoms with Crippen molar-refractivity contribution in [3.63, 3.8) is 0 Å². The number of rotatable bonds is 2.